The van der Waals surface area contributed by atoms with E-state index < -0.39 is 15.7 Å². The van der Waals surface area contributed by atoms with Gasteiger partial charge in [0.05, 0.1) is 4.62 Å². The van der Waals surface area contributed by atoms with Crippen molar-refractivity contribution in [3.8, 4) is 0 Å². The van der Waals surface area contributed by atoms with Crippen LogP contribution >= 0.6 is 27.1 Å². The van der Waals surface area contributed by atoms with E-state index in [9.17, 15) is 4.57 Å². The lowest BCUT2D eigenvalue weighted by atomic mass is 9.77. The number of benzene rings is 3. The highest BCUT2D eigenvalue weighted by molar-refractivity contribution is 7.83. The van der Waals surface area contributed by atoms with Gasteiger partial charge in [0.2, 0.25) is 0 Å². The molecule has 4 aromatic rings. The Hall–Kier alpha value is -1.72. The molecule has 3 aromatic carbocycles. The lowest BCUT2D eigenvalue weighted by molar-refractivity contribution is 0.239. The summed E-state index contributed by atoms with van der Waals surface area (Å²) >= 11 is 1.81. The minimum absolute atomic E-state index is 0.309. The molecule has 4 heteroatoms. The summed E-state index contributed by atoms with van der Waals surface area (Å²) in [5, 5.41) is 5.31. The summed E-state index contributed by atoms with van der Waals surface area (Å²) in [6.07, 6.45) is 3.59. The second-order valence-corrected chi connectivity index (χ2v) is 15.6. The molecular formula is C30H34OP2S. The summed E-state index contributed by atoms with van der Waals surface area (Å²) < 4.78 is 17.1. The van der Waals surface area contributed by atoms with E-state index >= 15 is 0 Å². The highest BCUT2D eigenvalue weighted by Gasteiger charge is 2.37. The van der Waals surface area contributed by atoms with Crippen LogP contribution in [-0.4, -0.2) is 5.66 Å². The molecule has 0 N–H and O–H groups in total. The van der Waals surface area contributed by atoms with Crippen LogP contribution in [-0.2, 0) is 4.57 Å². The van der Waals surface area contributed by atoms with Crippen LogP contribution in [0.3, 0.4) is 0 Å². The predicted octanol–water partition coefficient (Wildman–Crippen LogP) is 7.31. The molecule has 1 nitrogen and oxygen atoms in total. The van der Waals surface area contributed by atoms with Gasteiger partial charge in [0.25, 0.3) is 0 Å². The van der Waals surface area contributed by atoms with Crippen LogP contribution in [0.2, 0.25) is 0 Å². The number of hydrogen-bond acceptors (Lipinski definition) is 2. The average molecular weight is 505 g/mol. The van der Waals surface area contributed by atoms with Gasteiger partial charge in [-0.3, -0.25) is 0 Å². The number of hydrogen-bond donors (Lipinski definition) is 0. The van der Waals surface area contributed by atoms with Gasteiger partial charge in [-0.2, -0.15) is 0 Å². The largest absolute Gasteiger partial charge is 0.321 e. The Morgan fingerprint density at radius 1 is 0.853 bits per heavy atom. The normalized spacial score (nSPS) is 21.9. The summed E-state index contributed by atoms with van der Waals surface area (Å²) in [5.74, 6) is 1.80. The number of rotatable bonds is 6. The first-order valence-corrected chi connectivity index (χ1v) is 16.1. The number of fused-ring (bicyclic) bond motifs is 1. The maximum atomic E-state index is 14.6. The van der Waals surface area contributed by atoms with E-state index in [1.165, 1.54) is 43.5 Å². The molecule has 1 aliphatic rings. The van der Waals surface area contributed by atoms with Gasteiger partial charge in [-0.1, -0.05) is 106 Å². The van der Waals surface area contributed by atoms with Crippen molar-refractivity contribution in [2.45, 2.75) is 45.7 Å². The van der Waals surface area contributed by atoms with Gasteiger partial charge in [0.15, 0.2) is 0 Å². The lowest BCUT2D eigenvalue weighted by Crippen LogP contribution is -2.34. The molecule has 1 aromatic heterocycles. The van der Waals surface area contributed by atoms with Crippen molar-refractivity contribution < 1.29 is 4.57 Å². The third-order valence-corrected chi connectivity index (χ3v) is 14.2. The van der Waals surface area contributed by atoms with Crippen LogP contribution in [0.15, 0.2) is 84.9 Å². The Morgan fingerprint density at radius 2 is 1.44 bits per heavy atom. The van der Waals surface area contributed by atoms with Gasteiger partial charge < -0.3 is 4.57 Å². The van der Waals surface area contributed by atoms with E-state index in [1.807, 2.05) is 11.3 Å². The second-order valence-electron chi connectivity index (χ2n) is 10.1. The van der Waals surface area contributed by atoms with Crippen LogP contribution in [0.1, 0.15) is 40.0 Å². The first-order chi connectivity index (χ1) is 16.5. The van der Waals surface area contributed by atoms with Gasteiger partial charge in [-0.05, 0) is 55.2 Å². The summed E-state index contributed by atoms with van der Waals surface area (Å²) in [6, 6.07) is 30.5. The van der Waals surface area contributed by atoms with Crippen molar-refractivity contribution >= 4 is 57.7 Å². The second kappa shape index (κ2) is 10.5. The smallest absolute Gasteiger partial charge is 0.117 e. The fourth-order valence-electron chi connectivity index (χ4n) is 5.65. The fraction of sp³-hybridized carbons (Fsp3) is 0.333. The van der Waals surface area contributed by atoms with Gasteiger partial charge >= 0.3 is 0 Å². The topological polar surface area (TPSA) is 17.1 Å². The molecule has 0 radical (unpaired) electrons. The third kappa shape index (κ3) is 4.70. The molecule has 1 fully saturated rings. The van der Waals surface area contributed by atoms with Crippen molar-refractivity contribution in [2.24, 2.45) is 17.8 Å². The van der Waals surface area contributed by atoms with Crippen molar-refractivity contribution in [1.82, 2.24) is 0 Å². The molecule has 4 atom stereocenters. The van der Waals surface area contributed by atoms with Crippen molar-refractivity contribution in [3.05, 3.63) is 84.9 Å². The Kier molecular flexibility index (Phi) is 7.41. The minimum Gasteiger partial charge on any atom is -0.321 e. The van der Waals surface area contributed by atoms with E-state index in [0.29, 0.717) is 23.4 Å². The fourth-order valence-corrected chi connectivity index (χ4v) is 13.5. The SMILES string of the molecule is CC(C)[C@@H]1CC[C@@H](C)C[C@H]1[PH](=O)c1sc2ccccc2c1P(c1ccccc1)c1ccccc1. The van der Waals surface area contributed by atoms with E-state index in [0.717, 1.165) is 6.42 Å². The molecule has 34 heavy (non-hydrogen) atoms. The Balaban J connectivity index is 1.72. The third-order valence-electron chi connectivity index (χ3n) is 7.40. The summed E-state index contributed by atoms with van der Waals surface area (Å²) in [5.41, 5.74) is 0.309. The zero-order chi connectivity index (χ0) is 23.7. The highest BCUT2D eigenvalue weighted by Crippen LogP contribution is 2.49. The zero-order valence-electron chi connectivity index (χ0n) is 20.3. The molecule has 0 aliphatic heterocycles. The van der Waals surface area contributed by atoms with Crippen molar-refractivity contribution in [1.29, 1.82) is 0 Å². The molecule has 1 unspecified atom stereocenters. The van der Waals surface area contributed by atoms with Crippen LogP contribution < -0.4 is 20.5 Å². The van der Waals surface area contributed by atoms with Crippen molar-refractivity contribution in [2.75, 3.05) is 0 Å². The van der Waals surface area contributed by atoms with Crippen LogP contribution in [0, 0.1) is 17.8 Å². The molecule has 176 valence electrons. The molecule has 1 heterocycles. The van der Waals surface area contributed by atoms with Crippen LogP contribution in [0.5, 0.6) is 0 Å². The van der Waals surface area contributed by atoms with Gasteiger partial charge in [0, 0.05) is 21.0 Å². The molecule has 0 spiro atoms. The quantitative estimate of drug-likeness (QED) is 0.252. The summed E-state index contributed by atoms with van der Waals surface area (Å²) in [4.78, 5) is 0. The van der Waals surface area contributed by atoms with Gasteiger partial charge in [0.1, 0.15) is 7.80 Å². The summed E-state index contributed by atoms with van der Waals surface area (Å²) in [7, 11) is -2.75. The average Bonchev–Trinajstić information content (AvgIpc) is 3.24. The predicted molar refractivity (Wildman–Crippen MR) is 154 cm³/mol. The molecule has 5 rings (SSSR count). The molecule has 0 bridgehead atoms. The van der Waals surface area contributed by atoms with E-state index in [4.69, 9.17) is 0 Å². The molecule has 0 saturated heterocycles. The van der Waals surface area contributed by atoms with E-state index in [1.54, 1.807) is 0 Å². The lowest BCUT2D eigenvalue weighted by Gasteiger charge is -2.37. The van der Waals surface area contributed by atoms with Crippen LogP contribution in [0.4, 0.5) is 0 Å². The Labute approximate surface area is 210 Å². The summed E-state index contributed by atoms with van der Waals surface area (Å²) in [6.45, 7) is 7.01. The molecular weight excluding hydrogens is 470 g/mol. The highest BCUT2D eigenvalue weighted by atomic mass is 32.1. The minimum atomic E-state index is -1.96. The first kappa shape index (κ1) is 24.0. The van der Waals surface area contributed by atoms with E-state index in [2.05, 4.69) is 106 Å². The van der Waals surface area contributed by atoms with Gasteiger partial charge in [-0.25, -0.2) is 0 Å². The maximum absolute atomic E-state index is 14.6. The monoisotopic (exact) mass is 504 g/mol. The first-order valence-electron chi connectivity index (χ1n) is 12.5. The molecule has 1 aliphatic carbocycles. The standard InChI is InChI=1S/C30H34OP2S/c1-21(2)25-19-18-22(3)20-27(25)33(31)30-29(26-16-10-11-17-28(26)34-30)32(23-12-6-4-7-13-23)24-14-8-5-9-15-24/h4-17,21-22,25,27,33H,18-20H2,1-3H3/t22-,25+,27-/m1/s1. The number of thiophene rings is 1. The van der Waals surface area contributed by atoms with Gasteiger partial charge in [-0.15, -0.1) is 11.3 Å². The zero-order valence-corrected chi connectivity index (χ0v) is 23.0. The Morgan fingerprint density at radius 3 is 2.06 bits per heavy atom. The molecule has 1 saturated carbocycles. The van der Waals surface area contributed by atoms with Crippen LogP contribution in [0.25, 0.3) is 10.1 Å². The Bertz CT molecular complexity index is 1230. The van der Waals surface area contributed by atoms with E-state index in [-0.39, 0.29) is 0 Å². The molecule has 0 amide bonds. The maximum Gasteiger partial charge on any atom is 0.117 e. The van der Waals surface area contributed by atoms with Crippen molar-refractivity contribution in [3.63, 3.8) is 0 Å².